The van der Waals surface area contributed by atoms with Crippen LogP contribution in [0.4, 0.5) is 5.69 Å². The normalized spacial score (nSPS) is 13.5. The predicted molar refractivity (Wildman–Crippen MR) is 89.0 cm³/mol. The summed E-state index contributed by atoms with van der Waals surface area (Å²) in [6, 6.07) is 3.11. The van der Waals surface area contributed by atoms with Crippen LogP contribution in [-0.4, -0.2) is 26.5 Å². The topological polar surface area (TPSA) is 72.2 Å². The number of anilines is 1. The molecule has 0 aromatic heterocycles. The van der Waals surface area contributed by atoms with Crippen LogP contribution in [0.5, 0.6) is 0 Å². The van der Waals surface area contributed by atoms with Gasteiger partial charge in [-0.25, -0.2) is 13.1 Å². The van der Waals surface area contributed by atoms with Crippen LogP contribution in [0.3, 0.4) is 0 Å². The molecule has 1 atom stereocenters. The zero-order valence-corrected chi connectivity index (χ0v) is 15.4. The Bertz CT molecular complexity index is 527. The van der Waals surface area contributed by atoms with Gasteiger partial charge in [-0.05, 0) is 53.4 Å². The van der Waals surface area contributed by atoms with Gasteiger partial charge in [0.15, 0.2) is 0 Å². The average Bonchev–Trinajstić information content (AvgIpc) is 2.23. The Hall–Kier alpha value is 0.240. The first-order valence-corrected chi connectivity index (χ1v) is 10.00. The van der Waals surface area contributed by atoms with Gasteiger partial charge in [-0.2, -0.15) is 11.8 Å². The highest BCUT2D eigenvalue weighted by atomic mass is 79.9. The van der Waals surface area contributed by atoms with Crippen molar-refractivity contribution >= 4 is 59.3 Å². The average molecular weight is 432 g/mol. The molecule has 0 bridgehead atoms. The SMILES string of the molecule is CSCCC(C)NS(=O)(=O)c1c(N)cc(Br)cc1Br. The monoisotopic (exact) mass is 430 g/mol. The van der Waals surface area contributed by atoms with Crippen LogP contribution in [0.15, 0.2) is 26.0 Å². The number of rotatable bonds is 6. The summed E-state index contributed by atoms with van der Waals surface area (Å²) >= 11 is 8.20. The van der Waals surface area contributed by atoms with Gasteiger partial charge >= 0.3 is 0 Å². The third-order valence-electron chi connectivity index (χ3n) is 2.42. The van der Waals surface area contributed by atoms with E-state index in [2.05, 4.69) is 36.6 Å². The molecule has 1 aromatic carbocycles. The van der Waals surface area contributed by atoms with Crippen molar-refractivity contribution in [1.29, 1.82) is 0 Å². The smallest absolute Gasteiger partial charge is 0.243 e. The van der Waals surface area contributed by atoms with E-state index in [-0.39, 0.29) is 16.6 Å². The molecular formula is C11H16Br2N2O2S2. The molecular weight excluding hydrogens is 416 g/mol. The lowest BCUT2D eigenvalue weighted by Crippen LogP contribution is -2.33. The van der Waals surface area contributed by atoms with Gasteiger partial charge in [-0.1, -0.05) is 15.9 Å². The predicted octanol–water partition coefficient (Wildman–Crippen LogP) is 3.21. The molecule has 0 spiro atoms. The van der Waals surface area contributed by atoms with Crippen molar-refractivity contribution in [3.63, 3.8) is 0 Å². The zero-order valence-electron chi connectivity index (χ0n) is 10.6. The van der Waals surface area contributed by atoms with Crippen LogP contribution in [0.1, 0.15) is 13.3 Å². The van der Waals surface area contributed by atoms with Crippen molar-refractivity contribution in [3.05, 3.63) is 21.1 Å². The fourth-order valence-electron chi connectivity index (χ4n) is 1.54. The number of nitrogens with one attached hydrogen (secondary N) is 1. The summed E-state index contributed by atoms with van der Waals surface area (Å²) in [7, 11) is -3.62. The number of sulfonamides is 1. The van der Waals surface area contributed by atoms with Crippen molar-refractivity contribution in [2.24, 2.45) is 0 Å². The lowest BCUT2D eigenvalue weighted by atomic mass is 10.3. The molecule has 0 saturated heterocycles. The first-order valence-electron chi connectivity index (χ1n) is 5.53. The maximum atomic E-state index is 12.3. The molecule has 8 heteroatoms. The fraction of sp³-hybridized carbons (Fsp3) is 0.455. The minimum atomic E-state index is -3.62. The molecule has 1 aromatic rings. The molecule has 108 valence electrons. The fourth-order valence-corrected chi connectivity index (χ4v) is 5.48. The molecule has 0 saturated carbocycles. The van der Waals surface area contributed by atoms with Crippen molar-refractivity contribution in [3.8, 4) is 0 Å². The summed E-state index contributed by atoms with van der Waals surface area (Å²) in [5.41, 5.74) is 6.01. The number of hydrogen-bond donors (Lipinski definition) is 2. The first-order chi connectivity index (χ1) is 8.77. The molecule has 0 aliphatic rings. The van der Waals surface area contributed by atoms with E-state index in [1.807, 2.05) is 13.2 Å². The molecule has 0 aliphatic heterocycles. The molecule has 1 rings (SSSR count). The van der Waals surface area contributed by atoms with Gasteiger partial charge in [-0.15, -0.1) is 0 Å². The van der Waals surface area contributed by atoms with Gasteiger partial charge < -0.3 is 5.73 Å². The van der Waals surface area contributed by atoms with E-state index >= 15 is 0 Å². The van der Waals surface area contributed by atoms with Crippen molar-refractivity contribution in [1.82, 2.24) is 4.72 Å². The Morgan fingerprint density at radius 2 is 2.05 bits per heavy atom. The van der Waals surface area contributed by atoms with Gasteiger partial charge in [0.05, 0.1) is 5.69 Å². The Kier molecular flexibility index (Phi) is 6.65. The Morgan fingerprint density at radius 3 is 2.58 bits per heavy atom. The standard InChI is InChI=1S/C11H16Br2N2O2S2/c1-7(3-4-18-2)15-19(16,17)11-9(13)5-8(12)6-10(11)14/h5-7,15H,3-4,14H2,1-2H3. The number of hydrogen-bond acceptors (Lipinski definition) is 4. The molecule has 19 heavy (non-hydrogen) atoms. The zero-order chi connectivity index (χ0) is 14.6. The molecule has 0 heterocycles. The number of benzene rings is 1. The number of nitrogens with two attached hydrogens (primary N) is 1. The second-order valence-corrected chi connectivity index (χ2v) is 8.52. The Morgan fingerprint density at radius 1 is 1.42 bits per heavy atom. The summed E-state index contributed by atoms with van der Waals surface area (Å²) in [4.78, 5) is 0.0895. The summed E-state index contributed by atoms with van der Waals surface area (Å²) in [5, 5.41) is 0. The van der Waals surface area contributed by atoms with Crippen LogP contribution < -0.4 is 10.5 Å². The quantitative estimate of drug-likeness (QED) is 0.678. The molecule has 0 radical (unpaired) electrons. The molecule has 4 nitrogen and oxygen atoms in total. The van der Waals surface area contributed by atoms with E-state index in [4.69, 9.17) is 5.73 Å². The van der Waals surface area contributed by atoms with Crippen molar-refractivity contribution in [2.45, 2.75) is 24.3 Å². The lowest BCUT2D eigenvalue weighted by Gasteiger charge is -2.16. The molecule has 1 unspecified atom stereocenters. The van der Waals surface area contributed by atoms with Crippen LogP contribution in [-0.2, 0) is 10.0 Å². The van der Waals surface area contributed by atoms with E-state index in [9.17, 15) is 8.42 Å². The van der Waals surface area contributed by atoms with Crippen LogP contribution in [0.25, 0.3) is 0 Å². The second kappa shape index (κ2) is 7.31. The molecule has 0 fully saturated rings. The lowest BCUT2D eigenvalue weighted by molar-refractivity contribution is 0.557. The highest BCUT2D eigenvalue weighted by Gasteiger charge is 2.23. The molecule has 3 N–H and O–H groups in total. The van der Waals surface area contributed by atoms with Gasteiger partial charge in [-0.3, -0.25) is 0 Å². The number of thioether (sulfide) groups is 1. The van der Waals surface area contributed by atoms with E-state index < -0.39 is 10.0 Å². The summed E-state index contributed by atoms with van der Waals surface area (Å²) in [6.07, 6.45) is 2.76. The van der Waals surface area contributed by atoms with Crippen molar-refractivity contribution < 1.29 is 8.42 Å². The van der Waals surface area contributed by atoms with Gasteiger partial charge in [0.2, 0.25) is 10.0 Å². The van der Waals surface area contributed by atoms with Crippen LogP contribution >= 0.6 is 43.6 Å². The second-order valence-electron chi connectivity index (χ2n) is 4.11. The van der Waals surface area contributed by atoms with Crippen LogP contribution in [0, 0.1) is 0 Å². The highest BCUT2D eigenvalue weighted by Crippen LogP contribution is 2.31. The maximum absolute atomic E-state index is 12.3. The summed E-state index contributed by atoms with van der Waals surface area (Å²) in [5.74, 6) is 0.903. The Labute approximate surface area is 135 Å². The summed E-state index contributed by atoms with van der Waals surface area (Å²) in [6.45, 7) is 1.84. The van der Waals surface area contributed by atoms with E-state index in [1.54, 1.807) is 23.9 Å². The molecule has 0 aliphatic carbocycles. The van der Waals surface area contributed by atoms with Crippen molar-refractivity contribution in [2.75, 3.05) is 17.7 Å². The van der Waals surface area contributed by atoms with Gasteiger partial charge in [0, 0.05) is 15.0 Å². The van der Waals surface area contributed by atoms with E-state index in [1.165, 1.54) is 0 Å². The third kappa shape index (κ3) is 4.93. The summed E-state index contributed by atoms with van der Waals surface area (Å²) < 4.78 is 28.4. The minimum absolute atomic E-state index is 0.0895. The number of nitrogen functional groups attached to an aromatic ring is 1. The number of halogens is 2. The maximum Gasteiger partial charge on any atom is 0.243 e. The third-order valence-corrected chi connectivity index (χ3v) is 6.11. The highest BCUT2D eigenvalue weighted by molar-refractivity contribution is 9.11. The first kappa shape index (κ1) is 17.3. The van der Waals surface area contributed by atoms with Crippen LogP contribution in [0.2, 0.25) is 0 Å². The molecule has 0 amide bonds. The van der Waals surface area contributed by atoms with E-state index in [0.717, 1.165) is 16.6 Å². The minimum Gasteiger partial charge on any atom is -0.398 e. The Balaban J connectivity index is 3.01. The van der Waals surface area contributed by atoms with Gasteiger partial charge in [0.25, 0.3) is 0 Å². The van der Waals surface area contributed by atoms with Gasteiger partial charge in [0.1, 0.15) is 4.90 Å². The van der Waals surface area contributed by atoms with E-state index in [0.29, 0.717) is 4.47 Å². The largest absolute Gasteiger partial charge is 0.398 e.